The highest BCUT2D eigenvalue weighted by atomic mass is 32.1. The van der Waals surface area contributed by atoms with Gasteiger partial charge in [0.1, 0.15) is 0 Å². The van der Waals surface area contributed by atoms with E-state index in [-0.39, 0.29) is 18.5 Å². The second-order valence-electron chi connectivity index (χ2n) is 4.97. The van der Waals surface area contributed by atoms with Crippen LogP contribution in [0.2, 0.25) is 0 Å². The number of hydrogen-bond acceptors (Lipinski definition) is 4. The number of nitrogens with one attached hydrogen (secondary N) is 2. The Kier molecular flexibility index (Phi) is 3.23. The zero-order valence-electron chi connectivity index (χ0n) is 10.9. The lowest BCUT2D eigenvalue weighted by molar-refractivity contribution is -0.126. The second kappa shape index (κ2) is 4.92. The Morgan fingerprint density at radius 2 is 2.35 bits per heavy atom. The predicted octanol–water partition coefficient (Wildman–Crippen LogP) is 0.579. The summed E-state index contributed by atoms with van der Waals surface area (Å²) in [6, 6.07) is 3.09. The number of carbonyl (C=O) groups is 2. The van der Waals surface area contributed by atoms with Gasteiger partial charge in [-0.1, -0.05) is 6.07 Å². The van der Waals surface area contributed by atoms with E-state index >= 15 is 0 Å². The van der Waals surface area contributed by atoms with Crippen LogP contribution in [0.4, 0.5) is 4.79 Å². The van der Waals surface area contributed by atoms with E-state index in [2.05, 4.69) is 10.6 Å². The molecule has 0 radical (unpaired) electrons. The maximum absolute atomic E-state index is 12.5. The minimum atomic E-state index is -0.593. The molecule has 0 saturated carbocycles. The van der Waals surface area contributed by atoms with Crippen LogP contribution in [0.15, 0.2) is 28.8 Å². The molecule has 0 bridgehead atoms. The zero-order chi connectivity index (χ0) is 14.3. The van der Waals surface area contributed by atoms with Crippen LogP contribution in [0.3, 0.4) is 0 Å². The normalized spacial score (nSPS) is 23.5. The number of amides is 3. The summed E-state index contributed by atoms with van der Waals surface area (Å²) in [6.07, 6.45) is -0.593. The molecule has 0 spiro atoms. The van der Waals surface area contributed by atoms with Crippen LogP contribution in [0.5, 0.6) is 0 Å². The van der Waals surface area contributed by atoms with Crippen LogP contribution in [0.1, 0.15) is 17.8 Å². The molecule has 3 N–H and O–H groups in total. The van der Waals surface area contributed by atoms with Gasteiger partial charge in [0.2, 0.25) is 0 Å². The fraction of sp³-hybridized carbons (Fsp3) is 0.385. The topological polar surface area (TPSA) is 81.7 Å². The van der Waals surface area contributed by atoms with Gasteiger partial charge >= 0.3 is 6.03 Å². The van der Waals surface area contributed by atoms with Gasteiger partial charge in [0.15, 0.2) is 0 Å². The number of nitrogens with zero attached hydrogens (tertiary/aromatic N) is 1. The number of aliphatic hydroxyl groups excluding tert-OH is 1. The van der Waals surface area contributed by atoms with E-state index in [0.29, 0.717) is 17.8 Å². The van der Waals surface area contributed by atoms with E-state index in [9.17, 15) is 14.7 Å². The predicted molar refractivity (Wildman–Crippen MR) is 74.0 cm³/mol. The number of carbonyl (C=O) groups excluding carboxylic acids is 2. The number of thiophene rings is 1. The molecule has 0 fully saturated rings. The summed E-state index contributed by atoms with van der Waals surface area (Å²) in [4.78, 5) is 26.7. The fourth-order valence-corrected chi connectivity index (χ4v) is 3.35. The van der Waals surface area contributed by atoms with Crippen molar-refractivity contribution < 1.29 is 14.7 Å². The second-order valence-corrected chi connectivity index (χ2v) is 5.95. The van der Waals surface area contributed by atoms with Gasteiger partial charge in [-0.25, -0.2) is 4.79 Å². The van der Waals surface area contributed by atoms with E-state index < -0.39 is 12.1 Å². The summed E-state index contributed by atoms with van der Waals surface area (Å²) >= 11 is 1.50. The Balaban J connectivity index is 1.92. The van der Waals surface area contributed by atoms with Crippen molar-refractivity contribution in [2.45, 2.75) is 19.1 Å². The number of urea groups is 1. The van der Waals surface area contributed by atoms with Gasteiger partial charge in [0.25, 0.3) is 5.91 Å². The molecule has 2 aliphatic heterocycles. The lowest BCUT2D eigenvalue weighted by Crippen LogP contribution is -2.44. The van der Waals surface area contributed by atoms with E-state index in [1.54, 1.807) is 11.8 Å². The highest BCUT2D eigenvalue weighted by molar-refractivity contribution is 7.10. The maximum Gasteiger partial charge on any atom is 0.319 e. The molecule has 0 aromatic carbocycles. The Bertz CT molecular complexity index is 580. The number of hydrogen-bond donors (Lipinski definition) is 3. The van der Waals surface area contributed by atoms with Crippen molar-refractivity contribution >= 4 is 23.3 Å². The van der Waals surface area contributed by atoms with Gasteiger partial charge < -0.3 is 20.6 Å². The third-order valence-corrected chi connectivity index (χ3v) is 4.27. The molecule has 3 heterocycles. The summed E-state index contributed by atoms with van der Waals surface area (Å²) in [6.45, 7) is 2.24. The quantitative estimate of drug-likeness (QED) is 0.762. The minimum absolute atomic E-state index is 0.133. The average molecular weight is 293 g/mol. The lowest BCUT2D eigenvalue weighted by atomic mass is 10.0. The van der Waals surface area contributed by atoms with Crippen molar-refractivity contribution in [2.75, 3.05) is 13.1 Å². The van der Waals surface area contributed by atoms with Crippen molar-refractivity contribution in [3.8, 4) is 0 Å². The maximum atomic E-state index is 12.5. The standard InChI is InChI=1S/C13H15N3O3S/c1-7(17)5-16-6-8-10(12(16)18)11(15-13(19)14-8)9-3-2-4-20-9/h2-4,7,11,17H,5-6H2,1H3,(H2,14,15,19)/t7-,11-/m1/s1. The third-order valence-electron chi connectivity index (χ3n) is 3.33. The van der Waals surface area contributed by atoms with Crippen molar-refractivity contribution in [1.29, 1.82) is 0 Å². The molecule has 0 unspecified atom stereocenters. The third kappa shape index (κ3) is 2.19. The van der Waals surface area contributed by atoms with Crippen molar-refractivity contribution in [3.05, 3.63) is 33.7 Å². The van der Waals surface area contributed by atoms with Gasteiger partial charge in [-0.2, -0.15) is 0 Å². The van der Waals surface area contributed by atoms with Gasteiger partial charge in [-0.15, -0.1) is 11.3 Å². The Hall–Kier alpha value is -1.86. The first kappa shape index (κ1) is 13.1. The van der Waals surface area contributed by atoms with E-state index in [4.69, 9.17) is 0 Å². The van der Waals surface area contributed by atoms with Gasteiger partial charge in [-0.05, 0) is 18.4 Å². The summed E-state index contributed by atoms with van der Waals surface area (Å²) in [5, 5.41) is 16.8. The molecule has 0 saturated heterocycles. The van der Waals surface area contributed by atoms with Crippen LogP contribution in [0.25, 0.3) is 0 Å². The first-order valence-corrected chi connectivity index (χ1v) is 7.25. The molecule has 1 aromatic heterocycles. The molecule has 2 aliphatic rings. The molecule has 0 aliphatic carbocycles. The van der Waals surface area contributed by atoms with Crippen molar-refractivity contribution in [3.63, 3.8) is 0 Å². The molecule has 3 amide bonds. The summed E-state index contributed by atoms with van der Waals surface area (Å²) in [5.41, 5.74) is 1.21. The molecule has 3 rings (SSSR count). The van der Waals surface area contributed by atoms with E-state index in [1.165, 1.54) is 11.3 Å². The van der Waals surface area contributed by atoms with Crippen LogP contribution in [-0.2, 0) is 4.79 Å². The minimum Gasteiger partial charge on any atom is -0.392 e. The smallest absolute Gasteiger partial charge is 0.319 e. The van der Waals surface area contributed by atoms with E-state index in [1.807, 2.05) is 17.5 Å². The largest absolute Gasteiger partial charge is 0.392 e. The Morgan fingerprint density at radius 1 is 1.55 bits per heavy atom. The molecule has 1 aromatic rings. The summed E-state index contributed by atoms with van der Waals surface area (Å²) in [5.74, 6) is -0.133. The summed E-state index contributed by atoms with van der Waals surface area (Å²) < 4.78 is 0. The first-order chi connectivity index (χ1) is 9.56. The molecular formula is C13H15N3O3S. The zero-order valence-corrected chi connectivity index (χ0v) is 11.7. The Morgan fingerprint density at radius 3 is 3.00 bits per heavy atom. The Labute approximate surface area is 120 Å². The van der Waals surface area contributed by atoms with E-state index in [0.717, 1.165) is 4.88 Å². The molecule has 106 valence electrons. The molecule has 6 nitrogen and oxygen atoms in total. The molecular weight excluding hydrogens is 278 g/mol. The number of β-amino-alcohol motifs (C(OH)–C–C–N with tert-alkyl or cyclic N) is 1. The summed E-state index contributed by atoms with van der Waals surface area (Å²) in [7, 11) is 0. The van der Waals surface area contributed by atoms with Crippen molar-refractivity contribution in [1.82, 2.24) is 15.5 Å². The SMILES string of the molecule is C[C@@H](O)CN1CC2=C(C1=O)[C@@H](c1cccs1)NC(=O)N2. The molecule has 7 heteroatoms. The number of aliphatic hydroxyl groups is 1. The number of rotatable bonds is 3. The lowest BCUT2D eigenvalue weighted by Gasteiger charge is -2.24. The van der Waals surface area contributed by atoms with Gasteiger partial charge in [0.05, 0.1) is 30.0 Å². The van der Waals surface area contributed by atoms with Crippen LogP contribution in [-0.4, -0.2) is 41.1 Å². The van der Waals surface area contributed by atoms with Crippen molar-refractivity contribution in [2.24, 2.45) is 0 Å². The van der Waals surface area contributed by atoms with Crippen LogP contribution in [0, 0.1) is 0 Å². The van der Waals surface area contributed by atoms with Gasteiger partial charge in [0, 0.05) is 11.4 Å². The van der Waals surface area contributed by atoms with Gasteiger partial charge in [-0.3, -0.25) is 4.79 Å². The average Bonchev–Trinajstić information content (AvgIpc) is 2.98. The highest BCUT2D eigenvalue weighted by Gasteiger charge is 2.40. The molecule has 2 atom stereocenters. The van der Waals surface area contributed by atoms with Crippen LogP contribution < -0.4 is 10.6 Å². The molecule has 20 heavy (non-hydrogen) atoms. The monoisotopic (exact) mass is 293 g/mol. The van der Waals surface area contributed by atoms with Crippen LogP contribution >= 0.6 is 11.3 Å². The fourth-order valence-electron chi connectivity index (χ4n) is 2.56. The highest BCUT2D eigenvalue weighted by Crippen LogP contribution is 2.34. The first-order valence-electron chi connectivity index (χ1n) is 6.37.